The van der Waals surface area contributed by atoms with Gasteiger partial charge >= 0.3 is 0 Å². The van der Waals surface area contributed by atoms with Crippen LogP contribution in [0, 0.1) is 6.92 Å². The van der Waals surface area contributed by atoms with Crippen LogP contribution in [-0.4, -0.2) is 18.2 Å². The third kappa shape index (κ3) is 1.41. The number of aromatic nitrogens is 1. The highest BCUT2D eigenvalue weighted by molar-refractivity contribution is 5.83. The third-order valence-corrected chi connectivity index (χ3v) is 2.95. The van der Waals surface area contributed by atoms with E-state index in [1.807, 2.05) is 6.07 Å². The fraction of sp³-hybridized carbons (Fsp3) is 0.308. The van der Waals surface area contributed by atoms with Gasteiger partial charge in [-0.3, -0.25) is 4.98 Å². The Balaban J connectivity index is 2.25. The first-order valence-electron chi connectivity index (χ1n) is 5.28. The van der Waals surface area contributed by atoms with Crippen LogP contribution in [0.3, 0.4) is 0 Å². The standard InChI is InChI=1S/C13H13NO/c1-9-6-12(10-7-15-8-10)11-4-2-3-5-13(11)14-9/h2-6,10H,7-8H2,1H3. The lowest BCUT2D eigenvalue weighted by molar-refractivity contribution is 0.00897. The summed E-state index contributed by atoms with van der Waals surface area (Å²) in [5, 5.41) is 1.27. The van der Waals surface area contributed by atoms with Crippen molar-refractivity contribution >= 4 is 10.9 Å². The second-order valence-corrected chi connectivity index (χ2v) is 4.10. The molecule has 2 heterocycles. The predicted octanol–water partition coefficient (Wildman–Crippen LogP) is 2.66. The molecule has 0 atom stereocenters. The van der Waals surface area contributed by atoms with E-state index >= 15 is 0 Å². The molecule has 1 aliphatic heterocycles. The molecule has 0 N–H and O–H groups in total. The minimum Gasteiger partial charge on any atom is -0.380 e. The summed E-state index contributed by atoms with van der Waals surface area (Å²) in [5.41, 5.74) is 3.58. The highest BCUT2D eigenvalue weighted by atomic mass is 16.5. The monoisotopic (exact) mass is 199 g/mol. The molecule has 1 saturated heterocycles. The second-order valence-electron chi connectivity index (χ2n) is 4.10. The molecule has 1 aromatic carbocycles. The maximum atomic E-state index is 5.26. The quantitative estimate of drug-likeness (QED) is 0.704. The summed E-state index contributed by atoms with van der Waals surface area (Å²) in [6, 6.07) is 10.5. The van der Waals surface area contributed by atoms with E-state index in [2.05, 4.69) is 36.2 Å². The molecule has 15 heavy (non-hydrogen) atoms. The average Bonchev–Trinajstić information content (AvgIpc) is 2.14. The molecule has 0 saturated carbocycles. The number of nitrogens with zero attached hydrogens (tertiary/aromatic N) is 1. The van der Waals surface area contributed by atoms with E-state index < -0.39 is 0 Å². The largest absolute Gasteiger partial charge is 0.380 e. The Kier molecular flexibility index (Phi) is 1.96. The van der Waals surface area contributed by atoms with Gasteiger partial charge in [0.1, 0.15) is 0 Å². The predicted molar refractivity (Wildman–Crippen MR) is 60.0 cm³/mol. The molecule has 2 aromatic rings. The van der Waals surface area contributed by atoms with Gasteiger partial charge in [-0.05, 0) is 24.6 Å². The smallest absolute Gasteiger partial charge is 0.0708 e. The minimum absolute atomic E-state index is 0.566. The zero-order valence-electron chi connectivity index (χ0n) is 8.73. The molecule has 2 nitrogen and oxygen atoms in total. The van der Waals surface area contributed by atoms with E-state index in [1.165, 1.54) is 10.9 Å². The van der Waals surface area contributed by atoms with E-state index in [9.17, 15) is 0 Å². The van der Waals surface area contributed by atoms with E-state index in [1.54, 1.807) is 0 Å². The normalized spacial score (nSPS) is 16.6. The van der Waals surface area contributed by atoms with Crippen molar-refractivity contribution < 1.29 is 4.74 Å². The van der Waals surface area contributed by atoms with Crippen LogP contribution < -0.4 is 0 Å². The summed E-state index contributed by atoms with van der Waals surface area (Å²) < 4.78 is 5.26. The second kappa shape index (κ2) is 3.31. The maximum Gasteiger partial charge on any atom is 0.0708 e. The molecular weight excluding hydrogens is 186 g/mol. The van der Waals surface area contributed by atoms with Gasteiger partial charge in [0.15, 0.2) is 0 Å². The Morgan fingerprint density at radius 2 is 2.07 bits per heavy atom. The number of pyridine rings is 1. The first-order chi connectivity index (χ1) is 7.34. The van der Waals surface area contributed by atoms with Gasteiger partial charge in [-0.2, -0.15) is 0 Å². The van der Waals surface area contributed by atoms with Gasteiger partial charge in [-0.1, -0.05) is 18.2 Å². The number of fused-ring (bicyclic) bond motifs is 1. The molecule has 0 unspecified atom stereocenters. The van der Waals surface area contributed by atoms with Crippen LogP contribution in [0.25, 0.3) is 10.9 Å². The van der Waals surface area contributed by atoms with Crippen LogP contribution in [0.15, 0.2) is 30.3 Å². The van der Waals surface area contributed by atoms with E-state index in [-0.39, 0.29) is 0 Å². The van der Waals surface area contributed by atoms with Crippen LogP contribution in [-0.2, 0) is 4.74 Å². The Morgan fingerprint density at radius 1 is 1.27 bits per heavy atom. The van der Waals surface area contributed by atoms with Gasteiger partial charge in [0.05, 0.1) is 18.7 Å². The fourth-order valence-corrected chi connectivity index (χ4v) is 2.09. The summed E-state index contributed by atoms with van der Waals surface area (Å²) >= 11 is 0. The van der Waals surface area contributed by atoms with Gasteiger partial charge in [-0.15, -0.1) is 0 Å². The number of rotatable bonds is 1. The van der Waals surface area contributed by atoms with Crippen molar-refractivity contribution in [2.75, 3.05) is 13.2 Å². The van der Waals surface area contributed by atoms with Gasteiger partial charge < -0.3 is 4.74 Å². The first-order valence-corrected chi connectivity index (χ1v) is 5.28. The van der Waals surface area contributed by atoms with Crippen LogP contribution in [0.1, 0.15) is 17.2 Å². The van der Waals surface area contributed by atoms with E-state index in [0.717, 1.165) is 24.4 Å². The first kappa shape index (κ1) is 8.86. The average molecular weight is 199 g/mol. The van der Waals surface area contributed by atoms with Gasteiger partial charge in [0.25, 0.3) is 0 Å². The summed E-state index contributed by atoms with van der Waals surface area (Å²) in [6.07, 6.45) is 0. The highest BCUT2D eigenvalue weighted by Crippen LogP contribution is 2.30. The number of benzene rings is 1. The summed E-state index contributed by atoms with van der Waals surface area (Å²) in [4.78, 5) is 4.54. The molecule has 0 amide bonds. The lowest BCUT2D eigenvalue weighted by Gasteiger charge is -2.27. The van der Waals surface area contributed by atoms with Crippen molar-refractivity contribution in [3.05, 3.63) is 41.6 Å². The Labute approximate surface area is 88.9 Å². The molecule has 76 valence electrons. The summed E-state index contributed by atoms with van der Waals surface area (Å²) in [6.45, 7) is 3.76. The topological polar surface area (TPSA) is 22.1 Å². The molecule has 1 aliphatic rings. The van der Waals surface area contributed by atoms with Crippen LogP contribution >= 0.6 is 0 Å². The highest BCUT2D eigenvalue weighted by Gasteiger charge is 2.22. The fourth-order valence-electron chi connectivity index (χ4n) is 2.09. The third-order valence-electron chi connectivity index (χ3n) is 2.95. The Hall–Kier alpha value is -1.41. The van der Waals surface area contributed by atoms with Crippen molar-refractivity contribution in [1.29, 1.82) is 0 Å². The number of hydrogen-bond acceptors (Lipinski definition) is 2. The van der Waals surface area contributed by atoms with E-state index in [0.29, 0.717) is 5.92 Å². The van der Waals surface area contributed by atoms with E-state index in [4.69, 9.17) is 4.74 Å². The van der Waals surface area contributed by atoms with Crippen molar-refractivity contribution in [2.45, 2.75) is 12.8 Å². The van der Waals surface area contributed by atoms with Crippen molar-refractivity contribution in [3.63, 3.8) is 0 Å². The number of aryl methyl sites for hydroxylation is 1. The molecule has 1 fully saturated rings. The SMILES string of the molecule is Cc1cc(C2COC2)c2ccccc2n1. The van der Waals surface area contributed by atoms with Gasteiger partial charge in [-0.25, -0.2) is 0 Å². The zero-order chi connectivity index (χ0) is 10.3. The summed E-state index contributed by atoms with van der Waals surface area (Å²) in [5.74, 6) is 0.566. The summed E-state index contributed by atoms with van der Waals surface area (Å²) in [7, 11) is 0. The zero-order valence-corrected chi connectivity index (χ0v) is 8.73. The van der Waals surface area contributed by atoms with Crippen LogP contribution in [0.4, 0.5) is 0 Å². The molecule has 0 radical (unpaired) electrons. The molecule has 0 spiro atoms. The lowest BCUT2D eigenvalue weighted by Crippen LogP contribution is -2.25. The molecule has 1 aromatic heterocycles. The lowest BCUT2D eigenvalue weighted by atomic mass is 9.93. The maximum absolute atomic E-state index is 5.26. The van der Waals surface area contributed by atoms with Gasteiger partial charge in [0.2, 0.25) is 0 Å². The minimum atomic E-state index is 0.566. The Bertz CT molecular complexity index is 503. The number of ether oxygens (including phenoxy) is 1. The van der Waals surface area contributed by atoms with Crippen molar-refractivity contribution in [3.8, 4) is 0 Å². The number of para-hydroxylation sites is 1. The molecular formula is C13H13NO. The number of hydrogen-bond donors (Lipinski definition) is 0. The molecule has 2 heteroatoms. The van der Waals surface area contributed by atoms with Crippen molar-refractivity contribution in [2.24, 2.45) is 0 Å². The van der Waals surface area contributed by atoms with Gasteiger partial charge in [0, 0.05) is 17.0 Å². The van der Waals surface area contributed by atoms with Crippen LogP contribution in [0.2, 0.25) is 0 Å². The Morgan fingerprint density at radius 3 is 2.80 bits per heavy atom. The van der Waals surface area contributed by atoms with Crippen LogP contribution in [0.5, 0.6) is 0 Å². The molecule has 0 aliphatic carbocycles. The van der Waals surface area contributed by atoms with Crippen molar-refractivity contribution in [1.82, 2.24) is 4.98 Å². The molecule has 3 rings (SSSR count). The molecule has 0 bridgehead atoms.